The van der Waals surface area contributed by atoms with Crippen molar-refractivity contribution in [3.05, 3.63) is 59.7 Å². The summed E-state index contributed by atoms with van der Waals surface area (Å²) in [5, 5.41) is 3.11. The lowest BCUT2D eigenvalue weighted by Crippen LogP contribution is -2.43. The number of rotatable bonds is 10. The van der Waals surface area contributed by atoms with Crippen molar-refractivity contribution in [1.29, 1.82) is 0 Å². The quantitative estimate of drug-likeness (QED) is 0.607. The summed E-state index contributed by atoms with van der Waals surface area (Å²) in [6.07, 6.45) is 1.13. The molecular formula is C24H32N2O4. The molecule has 0 bridgehead atoms. The number of carbonyl (C=O) groups is 1. The Kier molecular flexibility index (Phi) is 8.53. The lowest BCUT2D eigenvalue weighted by atomic mass is 10.0. The number of nitrogens with one attached hydrogen (secondary N) is 1. The number of ether oxygens (including phenoxy) is 3. The molecule has 30 heavy (non-hydrogen) atoms. The monoisotopic (exact) mass is 412 g/mol. The van der Waals surface area contributed by atoms with Gasteiger partial charge in [0.1, 0.15) is 11.5 Å². The summed E-state index contributed by atoms with van der Waals surface area (Å²) in [6.45, 7) is 6.29. The van der Waals surface area contributed by atoms with Gasteiger partial charge in [0.25, 0.3) is 0 Å². The predicted molar refractivity (Wildman–Crippen MR) is 117 cm³/mol. The number of methoxy groups -OCH3 is 1. The van der Waals surface area contributed by atoms with E-state index in [0.29, 0.717) is 26.0 Å². The number of hydrogen-bond acceptors (Lipinski definition) is 5. The largest absolute Gasteiger partial charge is 0.497 e. The van der Waals surface area contributed by atoms with Gasteiger partial charge in [-0.3, -0.25) is 9.69 Å². The van der Waals surface area contributed by atoms with Crippen molar-refractivity contribution in [1.82, 2.24) is 10.2 Å². The van der Waals surface area contributed by atoms with E-state index in [0.717, 1.165) is 43.4 Å². The zero-order valence-electron chi connectivity index (χ0n) is 17.9. The maximum absolute atomic E-state index is 12.4. The zero-order valence-corrected chi connectivity index (χ0v) is 17.9. The highest BCUT2D eigenvalue weighted by atomic mass is 16.5. The average molecular weight is 413 g/mol. The highest BCUT2D eigenvalue weighted by Gasteiger charge is 2.23. The summed E-state index contributed by atoms with van der Waals surface area (Å²) in [4.78, 5) is 14.8. The van der Waals surface area contributed by atoms with E-state index in [2.05, 4.69) is 22.3 Å². The third-order valence-electron chi connectivity index (χ3n) is 5.29. The fourth-order valence-corrected chi connectivity index (χ4v) is 3.60. The molecule has 0 aromatic heterocycles. The first-order valence-corrected chi connectivity index (χ1v) is 10.6. The van der Waals surface area contributed by atoms with Gasteiger partial charge in [-0.25, -0.2) is 0 Å². The van der Waals surface area contributed by atoms with Crippen molar-refractivity contribution in [2.75, 3.05) is 46.6 Å². The van der Waals surface area contributed by atoms with Crippen LogP contribution in [0.3, 0.4) is 0 Å². The van der Waals surface area contributed by atoms with Crippen LogP contribution in [0, 0.1) is 6.92 Å². The van der Waals surface area contributed by atoms with Gasteiger partial charge in [-0.05, 0) is 48.7 Å². The van der Waals surface area contributed by atoms with Gasteiger partial charge in [0.05, 0.1) is 33.0 Å². The molecule has 1 unspecified atom stereocenters. The molecule has 2 aromatic carbocycles. The average Bonchev–Trinajstić information content (AvgIpc) is 2.78. The molecule has 1 aliphatic heterocycles. The Morgan fingerprint density at radius 3 is 2.60 bits per heavy atom. The van der Waals surface area contributed by atoms with Crippen LogP contribution in [-0.4, -0.2) is 57.4 Å². The number of benzene rings is 2. The molecule has 1 aliphatic rings. The van der Waals surface area contributed by atoms with E-state index in [4.69, 9.17) is 14.2 Å². The van der Waals surface area contributed by atoms with Gasteiger partial charge in [-0.15, -0.1) is 0 Å². The molecule has 6 heteroatoms. The minimum atomic E-state index is 0.0506. The molecule has 0 aliphatic carbocycles. The summed E-state index contributed by atoms with van der Waals surface area (Å²) in [7, 11) is 1.66. The van der Waals surface area contributed by atoms with Gasteiger partial charge >= 0.3 is 0 Å². The van der Waals surface area contributed by atoms with Gasteiger partial charge in [0, 0.05) is 26.1 Å². The molecule has 3 rings (SSSR count). The first kappa shape index (κ1) is 22.1. The number of carbonyl (C=O) groups excluding carboxylic acids is 1. The maximum Gasteiger partial charge on any atom is 0.220 e. The van der Waals surface area contributed by atoms with Crippen LogP contribution in [0.15, 0.2) is 48.5 Å². The first-order chi connectivity index (χ1) is 14.7. The van der Waals surface area contributed by atoms with E-state index in [1.165, 1.54) is 5.56 Å². The van der Waals surface area contributed by atoms with Gasteiger partial charge < -0.3 is 19.5 Å². The Morgan fingerprint density at radius 2 is 1.90 bits per heavy atom. The van der Waals surface area contributed by atoms with Crippen molar-refractivity contribution >= 4 is 5.91 Å². The first-order valence-electron chi connectivity index (χ1n) is 10.6. The number of amides is 1. The predicted octanol–water partition coefficient (Wildman–Crippen LogP) is 3.35. The lowest BCUT2D eigenvalue weighted by molar-refractivity contribution is -0.121. The second kappa shape index (κ2) is 11.6. The van der Waals surface area contributed by atoms with Crippen LogP contribution in [0.5, 0.6) is 11.5 Å². The third kappa shape index (κ3) is 6.75. The van der Waals surface area contributed by atoms with Gasteiger partial charge in [0.15, 0.2) is 0 Å². The number of morpholine rings is 1. The molecule has 1 fully saturated rings. The van der Waals surface area contributed by atoms with Crippen molar-refractivity contribution in [2.45, 2.75) is 25.8 Å². The van der Waals surface area contributed by atoms with Crippen molar-refractivity contribution in [3.63, 3.8) is 0 Å². The smallest absolute Gasteiger partial charge is 0.220 e. The fourth-order valence-electron chi connectivity index (χ4n) is 3.60. The molecule has 162 valence electrons. The molecule has 1 atom stereocenters. The standard InChI is InChI=1S/C24H32N2O4/c1-19-5-3-6-22(17-19)30-14-4-7-24(27)25-18-23(26-12-15-29-16-13-26)20-8-10-21(28-2)11-9-20/h3,5-6,8-11,17,23H,4,7,12-16,18H2,1-2H3,(H,25,27). The van der Waals surface area contributed by atoms with Crippen LogP contribution in [0.2, 0.25) is 0 Å². The maximum atomic E-state index is 12.4. The van der Waals surface area contributed by atoms with E-state index < -0.39 is 0 Å². The number of hydrogen-bond donors (Lipinski definition) is 1. The highest BCUT2D eigenvalue weighted by molar-refractivity contribution is 5.75. The number of aryl methyl sites for hydroxylation is 1. The summed E-state index contributed by atoms with van der Waals surface area (Å²) in [5.74, 6) is 1.73. The summed E-state index contributed by atoms with van der Waals surface area (Å²) in [6, 6.07) is 16.1. The van der Waals surface area contributed by atoms with E-state index in [-0.39, 0.29) is 11.9 Å². The van der Waals surface area contributed by atoms with E-state index in [9.17, 15) is 4.79 Å². The van der Waals surface area contributed by atoms with E-state index in [1.54, 1.807) is 7.11 Å². The second-order valence-corrected chi connectivity index (χ2v) is 7.51. The molecule has 1 heterocycles. The second-order valence-electron chi connectivity index (χ2n) is 7.51. The minimum absolute atomic E-state index is 0.0506. The van der Waals surface area contributed by atoms with E-state index in [1.807, 2.05) is 43.3 Å². The molecule has 1 N–H and O–H groups in total. The Labute approximate surface area is 179 Å². The molecule has 0 saturated carbocycles. The lowest BCUT2D eigenvalue weighted by Gasteiger charge is -2.35. The summed E-state index contributed by atoms with van der Waals surface area (Å²) < 4.78 is 16.5. The Bertz CT molecular complexity index is 788. The molecule has 6 nitrogen and oxygen atoms in total. The molecule has 1 amide bonds. The van der Waals surface area contributed by atoms with Crippen LogP contribution in [0.1, 0.15) is 30.0 Å². The highest BCUT2D eigenvalue weighted by Crippen LogP contribution is 2.23. The molecule has 0 radical (unpaired) electrons. The Balaban J connectivity index is 1.48. The van der Waals surface area contributed by atoms with Crippen LogP contribution in [-0.2, 0) is 9.53 Å². The van der Waals surface area contributed by atoms with Crippen molar-refractivity contribution < 1.29 is 19.0 Å². The van der Waals surface area contributed by atoms with Crippen LogP contribution in [0.4, 0.5) is 0 Å². The summed E-state index contributed by atoms with van der Waals surface area (Å²) in [5.41, 5.74) is 2.33. The SMILES string of the molecule is COc1ccc(C(CNC(=O)CCCOc2cccc(C)c2)N2CCOCC2)cc1. The van der Waals surface area contributed by atoms with Gasteiger partial charge in [0.2, 0.25) is 5.91 Å². The van der Waals surface area contributed by atoms with Crippen molar-refractivity contribution in [2.24, 2.45) is 0 Å². The Morgan fingerprint density at radius 1 is 1.13 bits per heavy atom. The fraction of sp³-hybridized carbons (Fsp3) is 0.458. The molecule has 2 aromatic rings. The van der Waals surface area contributed by atoms with Crippen LogP contribution >= 0.6 is 0 Å². The van der Waals surface area contributed by atoms with Gasteiger partial charge in [-0.1, -0.05) is 24.3 Å². The van der Waals surface area contributed by atoms with E-state index >= 15 is 0 Å². The Hall–Kier alpha value is -2.57. The molecule has 0 spiro atoms. The zero-order chi connectivity index (χ0) is 21.2. The normalized spacial score (nSPS) is 15.4. The van der Waals surface area contributed by atoms with Crippen molar-refractivity contribution in [3.8, 4) is 11.5 Å². The third-order valence-corrected chi connectivity index (χ3v) is 5.29. The van der Waals surface area contributed by atoms with Crippen LogP contribution < -0.4 is 14.8 Å². The molecule has 1 saturated heterocycles. The minimum Gasteiger partial charge on any atom is -0.497 e. The summed E-state index contributed by atoms with van der Waals surface area (Å²) >= 11 is 0. The van der Waals surface area contributed by atoms with Gasteiger partial charge in [-0.2, -0.15) is 0 Å². The molecular weight excluding hydrogens is 380 g/mol. The van der Waals surface area contributed by atoms with Crippen LogP contribution in [0.25, 0.3) is 0 Å². The topological polar surface area (TPSA) is 60.0 Å². The number of nitrogens with zero attached hydrogens (tertiary/aromatic N) is 1.